The molecule has 0 spiro atoms. The van der Waals surface area contributed by atoms with E-state index in [4.69, 9.17) is 0 Å². The topological polar surface area (TPSA) is 24.4 Å². The maximum atomic E-state index is 4.23. The van der Waals surface area contributed by atoms with Crippen molar-refractivity contribution in [2.45, 2.75) is 46.6 Å². The van der Waals surface area contributed by atoms with Crippen molar-refractivity contribution < 1.29 is 0 Å². The molecular formula is C10H20N2. The second-order valence-corrected chi connectivity index (χ2v) is 3.83. The van der Waals surface area contributed by atoms with Gasteiger partial charge in [0.15, 0.2) is 0 Å². The Morgan fingerprint density at radius 3 is 2.25 bits per heavy atom. The molecule has 0 radical (unpaired) electrons. The molecule has 12 heavy (non-hydrogen) atoms. The highest BCUT2D eigenvalue weighted by molar-refractivity contribution is 5.96. The lowest BCUT2D eigenvalue weighted by atomic mass is 10.0. The van der Waals surface area contributed by atoms with Crippen LogP contribution in [0.15, 0.2) is 17.3 Å². The minimum atomic E-state index is 0.0801. The van der Waals surface area contributed by atoms with Gasteiger partial charge in [-0.15, -0.1) is 0 Å². The zero-order valence-corrected chi connectivity index (χ0v) is 8.86. The van der Waals surface area contributed by atoms with Crippen molar-refractivity contribution in [3.63, 3.8) is 0 Å². The van der Waals surface area contributed by atoms with Gasteiger partial charge in [-0.1, -0.05) is 13.5 Å². The molecule has 0 saturated carbocycles. The summed E-state index contributed by atoms with van der Waals surface area (Å²) in [6.45, 7) is 14.1. The summed E-state index contributed by atoms with van der Waals surface area (Å²) in [5.74, 6) is 0. The Morgan fingerprint density at radius 1 is 1.42 bits per heavy atom. The number of nitrogens with one attached hydrogen (secondary N) is 1. The molecule has 0 aromatic carbocycles. The highest BCUT2D eigenvalue weighted by Gasteiger charge is 2.12. The molecule has 0 atom stereocenters. The van der Waals surface area contributed by atoms with Crippen LogP contribution in [0.5, 0.6) is 0 Å². The Balaban J connectivity index is 4.13. The summed E-state index contributed by atoms with van der Waals surface area (Å²) in [5.41, 5.74) is 5.17. The molecule has 2 heteroatoms. The van der Waals surface area contributed by atoms with Crippen LogP contribution in [0.4, 0.5) is 0 Å². The molecular weight excluding hydrogens is 148 g/mol. The van der Waals surface area contributed by atoms with E-state index in [2.05, 4.69) is 37.9 Å². The van der Waals surface area contributed by atoms with E-state index in [-0.39, 0.29) is 5.54 Å². The zero-order chi connectivity index (χ0) is 9.78. The molecule has 0 aromatic rings. The van der Waals surface area contributed by atoms with Crippen LogP contribution in [0.2, 0.25) is 0 Å². The van der Waals surface area contributed by atoms with Gasteiger partial charge in [-0.25, -0.2) is 0 Å². The van der Waals surface area contributed by atoms with E-state index < -0.39 is 0 Å². The SMILES string of the molecule is C=C(C)C(C)=NNC(C)(C)CC. The quantitative estimate of drug-likeness (QED) is 0.506. The lowest BCUT2D eigenvalue weighted by Crippen LogP contribution is -2.35. The molecule has 0 unspecified atom stereocenters. The largest absolute Gasteiger partial charge is 0.304 e. The van der Waals surface area contributed by atoms with Crippen molar-refractivity contribution in [3.8, 4) is 0 Å². The van der Waals surface area contributed by atoms with Crippen LogP contribution in [0, 0.1) is 0 Å². The van der Waals surface area contributed by atoms with Crippen LogP contribution in [0.3, 0.4) is 0 Å². The van der Waals surface area contributed by atoms with E-state index in [1.807, 2.05) is 13.8 Å². The maximum absolute atomic E-state index is 4.23. The highest BCUT2D eigenvalue weighted by Crippen LogP contribution is 2.06. The summed E-state index contributed by atoms with van der Waals surface area (Å²) in [6.07, 6.45) is 1.06. The van der Waals surface area contributed by atoms with Crippen LogP contribution < -0.4 is 5.43 Å². The van der Waals surface area contributed by atoms with Gasteiger partial charge in [0.2, 0.25) is 0 Å². The van der Waals surface area contributed by atoms with E-state index in [0.29, 0.717) is 0 Å². The van der Waals surface area contributed by atoms with E-state index in [0.717, 1.165) is 17.7 Å². The predicted octanol–water partition coefficient (Wildman–Crippen LogP) is 2.72. The van der Waals surface area contributed by atoms with Crippen LogP contribution in [-0.4, -0.2) is 11.3 Å². The smallest absolute Gasteiger partial charge is 0.0595 e. The first-order valence-electron chi connectivity index (χ1n) is 4.36. The summed E-state index contributed by atoms with van der Waals surface area (Å²) < 4.78 is 0. The van der Waals surface area contributed by atoms with Gasteiger partial charge < -0.3 is 5.43 Å². The van der Waals surface area contributed by atoms with Gasteiger partial charge >= 0.3 is 0 Å². The molecule has 0 heterocycles. The molecule has 2 nitrogen and oxygen atoms in total. The summed E-state index contributed by atoms with van der Waals surface area (Å²) in [6, 6.07) is 0. The molecule has 0 aliphatic carbocycles. The summed E-state index contributed by atoms with van der Waals surface area (Å²) in [4.78, 5) is 0. The Hall–Kier alpha value is -0.790. The van der Waals surface area contributed by atoms with Gasteiger partial charge in [-0.2, -0.15) is 5.10 Å². The number of rotatable bonds is 4. The Labute approximate surface area is 75.7 Å². The molecule has 0 saturated heterocycles. The number of hydrogen-bond donors (Lipinski definition) is 1. The van der Waals surface area contributed by atoms with Crippen molar-refractivity contribution in [1.29, 1.82) is 0 Å². The molecule has 0 fully saturated rings. The molecule has 0 aliphatic rings. The Bertz CT molecular complexity index is 190. The van der Waals surface area contributed by atoms with Crippen molar-refractivity contribution in [2.24, 2.45) is 5.10 Å². The Kier molecular flexibility index (Phi) is 4.01. The standard InChI is InChI=1S/C10H20N2/c1-7-10(5,6)12-11-9(4)8(2)3/h12H,2,7H2,1,3-6H3. The normalized spacial score (nSPS) is 12.9. The van der Waals surface area contributed by atoms with E-state index in [1.165, 1.54) is 0 Å². The minimum Gasteiger partial charge on any atom is -0.304 e. The van der Waals surface area contributed by atoms with Crippen molar-refractivity contribution in [2.75, 3.05) is 0 Å². The molecule has 0 rings (SSSR count). The van der Waals surface area contributed by atoms with E-state index >= 15 is 0 Å². The predicted molar refractivity (Wildman–Crippen MR) is 55.4 cm³/mol. The first kappa shape index (κ1) is 11.2. The first-order chi connectivity index (χ1) is 5.39. The van der Waals surface area contributed by atoms with Gasteiger partial charge in [0.25, 0.3) is 0 Å². The van der Waals surface area contributed by atoms with E-state index in [9.17, 15) is 0 Å². The number of nitrogens with zero attached hydrogens (tertiary/aromatic N) is 1. The van der Waals surface area contributed by atoms with Gasteiger partial charge in [0.1, 0.15) is 0 Å². The minimum absolute atomic E-state index is 0.0801. The monoisotopic (exact) mass is 168 g/mol. The number of hydrazone groups is 1. The van der Waals surface area contributed by atoms with Crippen molar-refractivity contribution in [3.05, 3.63) is 12.2 Å². The fourth-order valence-electron chi connectivity index (χ4n) is 0.410. The lowest BCUT2D eigenvalue weighted by Gasteiger charge is -2.22. The third-order valence-electron chi connectivity index (χ3n) is 2.03. The lowest BCUT2D eigenvalue weighted by molar-refractivity contribution is 0.387. The highest BCUT2D eigenvalue weighted by atomic mass is 15.3. The van der Waals surface area contributed by atoms with Crippen LogP contribution in [0.25, 0.3) is 0 Å². The second kappa shape index (κ2) is 4.29. The van der Waals surface area contributed by atoms with E-state index in [1.54, 1.807) is 0 Å². The molecule has 1 N–H and O–H groups in total. The van der Waals surface area contributed by atoms with Gasteiger partial charge in [0.05, 0.1) is 5.71 Å². The summed E-state index contributed by atoms with van der Waals surface area (Å²) >= 11 is 0. The Morgan fingerprint density at radius 2 is 1.92 bits per heavy atom. The van der Waals surface area contributed by atoms with Gasteiger partial charge in [0, 0.05) is 5.54 Å². The van der Waals surface area contributed by atoms with Gasteiger partial charge in [-0.3, -0.25) is 0 Å². The molecule has 0 aromatic heterocycles. The third-order valence-corrected chi connectivity index (χ3v) is 2.03. The third kappa shape index (κ3) is 4.16. The van der Waals surface area contributed by atoms with Crippen LogP contribution in [0.1, 0.15) is 41.0 Å². The average Bonchev–Trinajstić information content (AvgIpc) is 2.00. The molecule has 0 amide bonds. The van der Waals surface area contributed by atoms with Crippen LogP contribution >= 0.6 is 0 Å². The fraction of sp³-hybridized carbons (Fsp3) is 0.700. The zero-order valence-electron chi connectivity index (χ0n) is 8.86. The molecule has 0 aliphatic heterocycles. The summed E-state index contributed by atoms with van der Waals surface area (Å²) in [7, 11) is 0. The second-order valence-electron chi connectivity index (χ2n) is 3.83. The molecule has 0 bridgehead atoms. The van der Waals surface area contributed by atoms with Crippen molar-refractivity contribution in [1.82, 2.24) is 5.43 Å². The average molecular weight is 168 g/mol. The maximum Gasteiger partial charge on any atom is 0.0595 e. The number of allylic oxidation sites excluding steroid dienone is 1. The number of hydrogen-bond acceptors (Lipinski definition) is 2. The molecule has 70 valence electrons. The van der Waals surface area contributed by atoms with Gasteiger partial charge in [-0.05, 0) is 39.7 Å². The summed E-state index contributed by atoms with van der Waals surface area (Å²) in [5, 5.41) is 4.23. The fourth-order valence-corrected chi connectivity index (χ4v) is 0.410. The van der Waals surface area contributed by atoms with Crippen molar-refractivity contribution >= 4 is 5.71 Å². The first-order valence-corrected chi connectivity index (χ1v) is 4.36. The van der Waals surface area contributed by atoms with Crippen LogP contribution in [-0.2, 0) is 0 Å².